The number of hydrogen-bond acceptors (Lipinski definition) is 2. The highest BCUT2D eigenvalue weighted by molar-refractivity contribution is 4.89. The molecule has 2 atom stereocenters. The van der Waals surface area contributed by atoms with E-state index in [2.05, 4.69) is 17.1 Å². The Labute approximate surface area is 62.6 Å². The largest absolute Gasteiger partial charge is 0.314 e. The lowest BCUT2D eigenvalue weighted by atomic mass is 10.0. The second-order valence-corrected chi connectivity index (χ2v) is 3.57. The van der Waals surface area contributed by atoms with Crippen molar-refractivity contribution in [2.24, 2.45) is 5.92 Å². The summed E-state index contributed by atoms with van der Waals surface area (Å²) in [4.78, 5) is 2.63. The molecule has 0 spiro atoms. The van der Waals surface area contributed by atoms with Crippen LogP contribution in [-0.4, -0.2) is 37.1 Å². The van der Waals surface area contributed by atoms with Crippen LogP contribution in [0.1, 0.15) is 13.3 Å². The van der Waals surface area contributed by atoms with Gasteiger partial charge < -0.3 is 5.32 Å². The summed E-state index contributed by atoms with van der Waals surface area (Å²) in [6, 6.07) is 0.855. The normalized spacial score (nSPS) is 41.7. The second-order valence-electron chi connectivity index (χ2n) is 3.57. The van der Waals surface area contributed by atoms with Crippen molar-refractivity contribution in [1.82, 2.24) is 10.2 Å². The third-order valence-corrected chi connectivity index (χ3v) is 2.93. The minimum atomic E-state index is 0.855. The van der Waals surface area contributed by atoms with Gasteiger partial charge in [0.15, 0.2) is 0 Å². The van der Waals surface area contributed by atoms with Gasteiger partial charge in [0.1, 0.15) is 0 Å². The molecule has 0 aromatic rings. The fourth-order valence-corrected chi connectivity index (χ4v) is 2.17. The zero-order valence-electron chi connectivity index (χ0n) is 6.64. The van der Waals surface area contributed by atoms with Crippen molar-refractivity contribution < 1.29 is 0 Å². The Balaban J connectivity index is 2.01. The van der Waals surface area contributed by atoms with E-state index in [-0.39, 0.29) is 0 Å². The average molecular weight is 140 g/mol. The Kier molecular flexibility index (Phi) is 1.66. The molecule has 2 fully saturated rings. The lowest BCUT2D eigenvalue weighted by molar-refractivity contribution is 0.191. The van der Waals surface area contributed by atoms with Gasteiger partial charge in [-0.2, -0.15) is 0 Å². The third kappa shape index (κ3) is 0.956. The topological polar surface area (TPSA) is 15.3 Å². The Morgan fingerprint density at radius 3 is 3.10 bits per heavy atom. The first kappa shape index (κ1) is 6.62. The molecule has 2 heterocycles. The van der Waals surface area contributed by atoms with Gasteiger partial charge in [-0.05, 0) is 18.9 Å². The Hall–Kier alpha value is -0.0800. The summed E-state index contributed by atoms with van der Waals surface area (Å²) in [7, 11) is 0. The first-order valence-electron chi connectivity index (χ1n) is 4.32. The monoisotopic (exact) mass is 140 g/mol. The molecule has 2 rings (SSSR count). The zero-order chi connectivity index (χ0) is 6.97. The smallest absolute Gasteiger partial charge is 0.0247 e. The Bertz CT molecular complexity index is 122. The van der Waals surface area contributed by atoms with Crippen LogP contribution in [0.4, 0.5) is 0 Å². The van der Waals surface area contributed by atoms with Crippen molar-refractivity contribution in [3.8, 4) is 0 Å². The van der Waals surface area contributed by atoms with Crippen molar-refractivity contribution in [2.75, 3.05) is 26.2 Å². The minimum Gasteiger partial charge on any atom is -0.314 e. The summed E-state index contributed by atoms with van der Waals surface area (Å²) in [6.45, 7) is 7.41. The average Bonchev–Trinajstić information content (AvgIpc) is 2.34. The molecular weight excluding hydrogens is 124 g/mol. The molecule has 1 N–H and O–H groups in total. The molecule has 2 aliphatic rings. The predicted molar refractivity (Wildman–Crippen MR) is 42.0 cm³/mol. The zero-order valence-corrected chi connectivity index (χ0v) is 6.64. The first-order valence-corrected chi connectivity index (χ1v) is 4.32. The van der Waals surface area contributed by atoms with Gasteiger partial charge in [-0.1, -0.05) is 6.92 Å². The van der Waals surface area contributed by atoms with E-state index in [1.165, 1.54) is 32.6 Å². The van der Waals surface area contributed by atoms with Crippen LogP contribution < -0.4 is 5.32 Å². The van der Waals surface area contributed by atoms with E-state index in [4.69, 9.17) is 0 Å². The van der Waals surface area contributed by atoms with Gasteiger partial charge in [0.05, 0.1) is 0 Å². The molecule has 10 heavy (non-hydrogen) atoms. The molecule has 0 amide bonds. The second kappa shape index (κ2) is 2.51. The van der Waals surface area contributed by atoms with Crippen molar-refractivity contribution >= 4 is 0 Å². The van der Waals surface area contributed by atoms with Crippen LogP contribution in [0.2, 0.25) is 0 Å². The van der Waals surface area contributed by atoms with E-state index in [1.54, 1.807) is 0 Å². The first-order chi connectivity index (χ1) is 4.88. The molecule has 58 valence electrons. The van der Waals surface area contributed by atoms with Crippen molar-refractivity contribution in [3.63, 3.8) is 0 Å². The van der Waals surface area contributed by atoms with Crippen LogP contribution in [0.25, 0.3) is 0 Å². The predicted octanol–water partition coefficient (Wildman–Crippen LogP) is 0.300. The summed E-state index contributed by atoms with van der Waals surface area (Å²) in [5.41, 5.74) is 0. The van der Waals surface area contributed by atoms with Gasteiger partial charge in [-0.25, -0.2) is 0 Å². The van der Waals surface area contributed by atoms with Crippen molar-refractivity contribution in [1.29, 1.82) is 0 Å². The SMILES string of the molecule is C[C@@H]1CCN2CCNCC12. The van der Waals surface area contributed by atoms with Crippen molar-refractivity contribution in [2.45, 2.75) is 19.4 Å². The molecule has 2 saturated heterocycles. The number of nitrogens with one attached hydrogen (secondary N) is 1. The van der Waals surface area contributed by atoms with E-state index >= 15 is 0 Å². The van der Waals surface area contributed by atoms with E-state index in [1.807, 2.05) is 0 Å². The molecule has 0 aromatic carbocycles. The van der Waals surface area contributed by atoms with Gasteiger partial charge in [-0.15, -0.1) is 0 Å². The van der Waals surface area contributed by atoms with Gasteiger partial charge in [0, 0.05) is 25.7 Å². The molecule has 0 bridgehead atoms. The molecule has 0 aliphatic carbocycles. The maximum absolute atomic E-state index is 3.44. The van der Waals surface area contributed by atoms with Crippen LogP contribution >= 0.6 is 0 Å². The number of fused-ring (bicyclic) bond motifs is 1. The molecule has 2 heteroatoms. The molecule has 2 aliphatic heterocycles. The molecular formula is C8H16N2. The van der Waals surface area contributed by atoms with Gasteiger partial charge >= 0.3 is 0 Å². The van der Waals surface area contributed by atoms with Crippen molar-refractivity contribution in [3.05, 3.63) is 0 Å². The lowest BCUT2D eigenvalue weighted by Crippen LogP contribution is -2.49. The van der Waals surface area contributed by atoms with Crippen LogP contribution in [0.5, 0.6) is 0 Å². The standard InChI is InChI=1S/C8H16N2/c1-7-2-4-10-5-3-9-6-8(7)10/h7-9H,2-6H2,1H3/t7-,8?/m1/s1. The summed E-state index contributed by atoms with van der Waals surface area (Å²) in [5.74, 6) is 0.924. The summed E-state index contributed by atoms with van der Waals surface area (Å²) >= 11 is 0. The van der Waals surface area contributed by atoms with Gasteiger partial charge in [0.2, 0.25) is 0 Å². The number of hydrogen-bond donors (Lipinski definition) is 1. The van der Waals surface area contributed by atoms with E-state index < -0.39 is 0 Å². The lowest BCUT2D eigenvalue weighted by Gasteiger charge is -2.31. The van der Waals surface area contributed by atoms with Gasteiger partial charge in [-0.3, -0.25) is 4.90 Å². The van der Waals surface area contributed by atoms with Crippen LogP contribution in [-0.2, 0) is 0 Å². The fourth-order valence-electron chi connectivity index (χ4n) is 2.17. The maximum Gasteiger partial charge on any atom is 0.0247 e. The molecule has 0 aromatic heterocycles. The summed E-state index contributed by atoms with van der Waals surface area (Å²) < 4.78 is 0. The van der Waals surface area contributed by atoms with Crippen LogP contribution in [0, 0.1) is 5.92 Å². The quantitative estimate of drug-likeness (QED) is 0.520. The maximum atomic E-state index is 3.44. The number of rotatable bonds is 0. The Morgan fingerprint density at radius 1 is 1.40 bits per heavy atom. The van der Waals surface area contributed by atoms with E-state index in [0.29, 0.717) is 0 Å². The van der Waals surface area contributed by atoms with E-state index in [0.717, 1.165) is 12.0 Å². The minimum absolute atomic E-state index is 0.855. The number of nitrogens with zero attached hydrogens (tertiary/aromatic N) is 1. The summed E-state index contributed by atoms with van der Waals surface area (Å²) in [6.07, 6.45) is 1.41. The molecule has 0 radical (unpaired) electrons. The highest BCUT2D eigenvalue weighted by Gasteiger charge is 2.32. The Morgan fingerprint density at radius 2 is 2.30 bits per heavy atom. The summed E-state index contributed by atoms with van der Waals surface area (Å²) in [5, 5.41) is 3.44. The van der Waals surface area contributed by atoms with Crippen LogP contribution in [0.3, 0.4) is 0 Å². The molecule has 0 saturated carbocycles. The van der Waals surface area contributed by atoms with Crippen LogP contribution in [0.15, 0.2) is 0 Å². The third-order valence-electron chi connectivity index (χ3n) is 2.93. The highest BCUT2D eigenvalue weighted by Crippen LogP contribution is 2.23. The number of piperazine rings is 1. The fraction of sp³-hybridized carbons (Fsp3) is 1.00. The van der Waals surface area contributed by atoms with Gasteiger partial charge in [0.25, 0.3) is 0 Å². The molecule has 1 unspecified atom stereocenters. The highest BCUT2D eigenvalue weighted by atomic mass is 15.2. The molecule has 2 nitrogen and oxygen atoms in total. The van der Waals surface area contributed by atoms with E-state index in [9.17, 15) is 0 Å².